The van der Waals surface area contributed by atoms with Crippen LogP contribution in [0.4, 0.5) is 37.7 Å². The molecule has 0 spiro atoms. The van der Waals surface area contributed by atoms with Gasteiger partial charge in [0.05, 0.1) is 11.9 Å². The Hall–Kier alpha value is -4.21. The largest absolute Gasteiger partial charge is 0.408 e. The van der Waals surface area contributed by atoms with Crippen molar-refractivity contribution in [3.8, 4) is 11.6 Å². The van der Waals surface area contributed by atoms with E-state index in [0.717, 1.165) is 61.7 Å². The van der Waals surface area contributed by atoms with Gasteiger partial charge in [0, 0.05) is 46.1 Å². The van der Waals surface area contributed by atoms with Gasteiger partial charge in [-0.25, -0.2) is 38.1 Å². The maximum absolute atomic E-state index is 12.5. The smallest absolute Gasteiger partial charge is 0.368 e. The van der Waals surface area contributed by atoms with E-state index in [9.17, 15) is 35.9 Å². The molecule has 0 aliphatic carbocycles. The summed E-state index contributed by atoms with van der Waals surface area (Å²) in [4.78, 5) is 36.5. The number of rotatable bonds is 6. The highest BCUT2D eigenvalue weighted by Crippen LogP contribution is 2.23. The van der Waals surface area contributed by atoms with Crippen molar-refractivity contribution in [1.29, 1.82) is 0 Å². The lowest BCUT2D eigenvalue weighted by atomic mass is 10.2. The van der Waals surface area contributed by atoms with E-state index in [1.165, 1.54) is 18.0 Å². The van der Waals surface area contributed by atoms with Crippen LogP contribution in [0.15, 0.2) is 87.6 Å². The number of alkyl halides is 6. The first-order valence-corrected chi connectivity index (χ1v) is 15.8. The van der Waals surface area contributed by atoms with Gasteiger partial charge in [0.25, 0.3) is 0 Å². The number of piperazine rings is 1. The molecule has 12 nitrogen and oxygen atoms in total. The van der Waals surface area contributed by atoms with E-state index in [1.54, 1.807) is 18.3 Å². The van der Waals surface area contributed by atoms with Crippen LogP contribution >= 0.6 is 38.5 Å². The number of pyridine rings is 2. The topological polar surface area (TPSA) is 112 Å². The molecule has 0 N–H and O–H groups in total. The van der Waals surface area contributed by atoms with Crippen molar-refractivity contribution in [3.63, 3.8) is 0 Å². The third-order valence-electron chi connectivity index (χ3n) is 6.90. The van der Waals surface area contributed by atoms with Crippen LogP contribution in [0.2, 0.25) is 0 Å². The highest BCUT2D eigenvalue weighted by Gasteiger charge is 2.31. The normalized spacial score (nSPS) is 13.8. The van der Waals surface area contributed by atoms with Gasteiger partial charge < -0.3 is 9.80 Å². The molecule has 1 aliphatic rings. The number of aromatic nitrogens is 8. The molecule has 1 aliphatic heterocycles. The van der Waals surface area contributed by atoms with Gasteiger partial charge in [0.15, 0.2) is 0 Å². The minimum atomic E-state index is -4.52. The summed E-state index contributed by atoms with van der Waals surface area (Å²) in [7, 11) is 0. The molecule has 0 amide bonds. The van der Waals surface area contributed by atoms with Gasteiger partial charge in [0.2, 0.25) is 0 Å². The fraction of sp³-hybridized carbons (Fsp3) is 0.286. The maximum Gasteiger partial charge on any atom is 0.408 e. The average molecular weight is 853 g/mol. The van der Waals surface area contributed by atoms with Gasteiger partial charge in [0.1, 0.15) is 37.4 Å². The molecular formula is C28H24BrF6IN10O2. The van der Waals surface area contributed by atoms with E-state index < -0.39 is 36.8 Å². The first kappa shape index (κ1) is 35.1. The third-order valence-corrected chi connectivity index (χ3v) is 8.07. The molecule has 48 heavy (non-hydrogen) atoms. The molecule has 0 radical (unpaired) electrons. The van der Waals surface area contributed by atoms with Gasteiger partial charge in [-0.3, -0.25) is 0 Å². The molecule has 0 saturated carbocycles. The van der Waals surface area contributed by atoms with Crippen molar-refractivity contribution in [2.75, 3.05) is 36.0 Å². The van der Waals surface area contributed by atoms with Gasteiger partial charge in [-0.1, -0.05) is 15.9 Å². The summed E-state index contributed by atoms with van der Waals surface area (Å²) >= 11 is 5.47. The maximum atomic E-state index is 12.5. The van der Waals surface area contributed by atoms with Crippen LogP contribution in [0.1, 0.15) is 0 Å². The lowest BCUT2D eigenvalue weighted by Crippen LogP contribution is -2.46. The Kier molecular flexibility index (Phi) is 10.6. The highest BCUT2D eigenvalue weighted by atomic mass is 127. The molecule has 5 heterocycles. The van der Waals surface area contributed by atoms with E-state index in [1.807, 2.05) is 40.8 Å². The molecule has 0 bridgehead atoms. The van der Waals surface area contributed by atoms with Crippen molar-refractivity contribution < 1.29 is 26.3 Å². The summed E-state index contributed by atoms with van der Waals surface area (Å²) in [5.41, 5.74) is 0.309. The van der Waals surface area contributed by atoms with E-state index in [-0.39, 0.29) is 11.6 Å². The Labute approximate surface area is 289 Å². The Balaban J connectivity index is 0.000000214. The summed E-state index contributed by atoms with van der Waals surface area (Å²) in [5, 5.41) is 6.93. The van der Waals surface area contributed by atoms with E-state index in [0.29, 0.717) is 9.36 Å². The summed E-state index contributed by atoms with van der Waals surface area (Å²) < 4.78 is 78.6. The first-order chi connectivity index (χ1) is 22.7. The number of nitrogens with zero attached hydrogens (tertiary/aromatic N) is 10. The molecule has 1 fully saturated rings. The summed E-state index contributed by atoms with van der Waals surface area (Å²) in [5.74, 6) is 0.458. The molecular weight excluding hydrogens is 829 g/mol. The Morgan fingerprint density at radius 2 is 1.08 bits per heavy atom. The van der Waals surface area contributed by atoms with E-state index in [4.69, 9.17) is 0 Å². The van der Waals surface area contributed by atoms with Crippen molar-refractivity contribution in [2.24, 2.45) is 0 Å². The zero-order chi connectivity index (χ0) is 34.6. The predicted molar refractivity (Wildman–Crippen MR) is 175 cm³/mol. The van der Waals surface area contributed by atoms with Crippen LogP contribution in [-0.2, 0) is 13.1 Å². The molecule has 0 atom stereocenters. The Bertz CT molecular complexity index is 1930. The lowest BCUT2D eigenvalue weighted by Gasteiger charge is -2.37. The second-order valence-electron chi connectivity index (χ2n) is 10.3. The second kappa shape index (κ2) is 14.5. The SMILES string of the molecule is O=c1n(-c2ccc(I)cn2)cnn1CC(F)(F)F.O=c1n(-c2ccc(N3CCN(c4ccc(Br)cc4)CC3)cn2)cnn1CC(F)(F)F. The second-order valence-corrected chi connectivity index (χ2v) is 12.4. The summed E-state index contributed by atoms with van der Waals surface area (Å²) in [6.45, 7) is 0.476. The molecule has 6 rings (SSSR count). The molecule has 254 valence electrons. The number of hydrogen-bond acceptors (Lipinski definition) is 8. The number of halogens is 8. The average Bonchev–Trinajstić information content (AvgIpc) is 3.57. The van der Waals surface area contributed by atoms with Gasteiger partial charge in [-0.2, -0.15) is 36.5 Å². The number of hydrogen-bond donors (Lipinski definition) is 0. The quantitative estimate of drug-likeness (QED) is 0.179. The zero-order valence-corrected chi connectivity index (χ0v) is 28.2. The van der Waals surface area contributed by atoms with Gasteiger partial charge in [-0.15, -0.1) is 0 Å². The van der Waals surface area contributed by atoms with Gasteiger partial charge >= 0.3 is 23.7 Å². The lowest BCUT2D eigenvalue weighted by molar-refractivity contribution is -0.144. The fourth-order valence-electron chi connectivity index (χ4n) is 4.64. The minimum absolute atomic E-state index is 0.227. The third kappa shape index (κ3) is 9.02. The molecule has 4 aromatic heterocycles. The van der Waals surface area contributed by atoms with Crippen LogP contribution in [0.5, 0.6) is 0 Å². The van der Waals surface area contributed by atoms with Crippen LogP contribution in [0.3, 0.4) is 0 Å². The van der Waals surface area contributed by atoms with Crippen LogP contribution in [0.25, 0.3) is 11.6 Å². The molecule has 1 saturated heterocycles. The highest BCUT2D eigenvalue weighted by molar-refractivity contribution is 14.1. The van der Waals surface area contributed by atoms with Crippen molar-refractivity contribution in [2.45, 2.75) is 25.4 Å². The number of benzene rings is 1. The molecule has 20 heteroatoms. The monoisotopic (exact) mass is 852 g/mol. The summed E-state index contributed by atoms with van der Waals surface area (Å²) in [6, 6.07) is 14.8. The molecule has 0 unspecified atom stereocenters. The number of anilines is 2. The fourth-order valence-corrected chi connectivity index (χ4v) is 5.22. The van der Waals surface area contributed by atoms with E-state index >= 15 is 0 Å². The van der Waals surface area contributed by atoms with Crippen LogP contribution in [0, 0.1) is 3.57 Å². The van der Waals surface area contributed by atoms with E-state index in [2.05, 4.69) is 58.0 Å². The van der Waals surface area contributed by atoms with Crippen molar-refractivity contribution >= 4 is 49.9 Å². The molecule has 1 aromatic carbocycles. The van der Waals surface area contributed by atoms with Crippen LogP contribution in [-0.4, -0.2) is 77.2 Å². The molecule has 5 aromatic rings. The first-order valence-electron chi connectivity index (χ1n) is 13.9. The zero-order valence-electron chi connectivity index (χ0n) is 24.5. The van der Waals surface area contributed by atoms with Gasteiger partial charge in [-0.05, 0) is 71.1 Å². The van der Waals surface area contributed by atoms with Crippen LogP contribution < -0.4 is 21.2 Å². The Morgan fingerprint density at radius 3 is 1.50 bits per heavy atom. The summed E-state index contributed by atoms with van der Waals surface area (Å²) in [6.07, 6.45) is -3.81. The van der Waals surface area contributed by atoms with Crippen molar-refractivity contribution in [1.82, 2.24) is 38.7 Å². The minimum Gasteiger partial charge on any atom is -0.368 e. The van der Waals surface area contributed by atoms with Crippen molar-refractivity contribution in [3.05, 3.63) is 103 Å². The predicted octanol–water partition coefficient (Wildman–Crippen LogP) is 4.68. The Morgan fingerprint density at radius 1 is 0.646 bits per heavy atom. The standard InChI is InChI=1S/C19H18BrF3N6O.C9H6F3IN4O/c20-14-1-3-15(4-2-14)26-7-9-27(10-8-26)16-5-6-17(24-11-16)28-13-25-29(18(28)30)12-19(21,22)23;10-9(11,12)4-17-8(18)16(5-15-17)7-2-1-6(13)3-14-7/h1-6,11,13H,7-10,12H2;1-3,5H,4H2.